The van der Waals surface area contributed by atoms with E-state index in [1.54, 1.807) is 13.2 Å². The third kappa shape index (κ3) is 4.07. The summed E-state index contributed by atoms with van der Waals surface area (Å²) in [5, 5.41) is 6.41. The first-order valence-corrected chi connectivity index (χ1v) is 10.9. The molecule has 0 aromatic heterocycles. The Morgan fingerprint density at radius 2 is 1.75 bits per heavy atom. The number of ketones is 1. The van der Waals surface area contributed by atoms with Crippen molar-refractivity contribution in [2.24, 2.45) is 5.41 Å². The number of carbonyl (C=O) groups excluding carboxylic acids is 2. The number of ether oxygens (including phenoxy) is 1. The monoisotopic (exact) mass is 430 g/mol. The van der Waals surface area contributed by atoms with Gasteiger partial charge < -0.3 is 15.4 Å². The number of anilines is 1. The molecule has 4 rings (SSSR count). The zero-order valence-corrected chi connectivity index (χ0v) is 19.3. The van der Waals surface area contributed by atoms with Crippen molar-refractivity contribution < 1.29 is 14.3 Å². The van der Waals surface area contributed by atoms with E-state index in [1.807, 2.05) is 56.3 Å². The maximum Gasteiger partial charge on any atom is 0.254 e. The minimum absolute atomic E-state index is 0.101. The van der Waals surface area contributed by atoms with Crippen molar-refractivity contribution in [3.63, 3.8) is 0 Å². The number of amides is 1. The van der Waals surface area contributed by atoms with Crippen LogP contribution in [0.5, 0.6) is 5.75 Å². The van der Waals surface area contributed by atoms with Crippen LogP contribution >= 0.6 is 0 Å². The Bertz CT molecular complexity index is 1140. The van der Waals surface area contributed by atoms with Crippen LogP contribution in [-0.2, 0) is 9.59 Å². The van der Waals surface area contributed by atoms with Gasteiger partial charge in [-0.25, -0.2) is 0 Å². The van der Waals surface area contributed by atoms with Crippen molar-refractivity contribution in [1.29, 1.82) is 0 Å². The van der Waals surface area contributed by atoms with Gasteiger partial charge in [0.15, 0.2) is 5.78 Å². The number of rotatable bonds is 4. The highest BCUT2D eigenvalue weighted by molar-refractivity contribution is 6.10. The number of dihydropyridines is 1. The van der Waals surface area contributed by atoms with E-state index in [0.29, 0.717) is 29.0 Å². The number of aryl methyl sites for hydroxylation is 1. The first-order valence-electron chi connectivity index (χ1n) is 10.9. The fraction of sp³-hybridized carbons (Fsp3) is 0.333. The maximum atomic E-state index is 13.6. The SMILES string of the molecule is COc1ccccc1NC(=O)C1=C(C)NC2=C(C(=O)CC(C)(C)C2)[C@H]1c1ccc(C)cc1. The molecule has 2 N–H and O–H groups in total. The zero-order chi connectivity index (χ0) is 23.0. The van der Waals surface area contributed by atoms with Crippen molar-refractivity contribution in [1.82, 2.24) is 5.32 Å². The lowest BCUT2D eigenvalue weighted by atomic mass is 9.68. The summed E-state index contributed by atoms with van der Waals surface area (Å²) in [6.07, 6.45) is 1.24. The smallest absolute Gasteiger partial charge is 0.254 e. The van der Waals surface area contributed by atoms with E-state index >= 15 is 0 Å². The van der Waals surface area contributed by atoms with E-state index < -0.39 is 5.92 Å². The van der Waals surface area contributed by atoms with Crippen molar-refractivity contribution in [2.75, 3.05) is 12.4 Å². The second kappa shape index (κ2) is 8.30. The highest BCUT2D eigenvalue weighted by Crippen LogP contribution is 2.46. The maximum absolute atomic E-state index is 13.6. The van der Waals surface area contributed by atoms with Crippen LogP contribution in [0.3, 0.4) is 0 Å². The molecule has 2 aromatic carbocycles. The number of carbonyl (C=O) groups is 2. The van der Waals surface area contributed by atoms with Crippen LogP contribution < -0.4 is 15.4 Å². The summed E-state index contributed by atoms with van der Waals surface area (Å²) in [6.45, 7) is 8.16. The average molecular weight is 431 g/mol. The van der Waals surface area contributed by atoms with Gasteiger partial charge in [-0.15, -0.1) is 0 Å². The summed E-state index contributed by atoms with van der Waals surface area (Å²) < 4.78 is 5.40. The van der Waals surface area contributed by atoms with E-state index in [1.165, 1.54) is 0 Å². The van der Waals surface area contributed by atoms with Crippen LogP contribution in [0, 0.1) is 12.3 Å². The molecule has 32 heavy (non-hydrogen) atoms. The number of allylic oxidation sites excluding steroid dienone is 3. The van der Waals surface area contributed by atoms with Gasteiger partial charge in [0.05, 0.1) is 12.8 Å². The molecule has 0 fully saturated rings. The van der Waals surface area contributed by atoms with Gasteiger partial charge in [0.25, 0.3) is 5.91 Å². The standard InChI is InChI=1S/C27H30N2O3/c1-16-10-12-18(13-11-16)24-23(26(31)29-19-8-6-7-9-22(19)32-5)17(2)28-20-14-27(3,4)15-21(30)25(20)24/h6-13,24,28H,14-15H2,1-5H3,(H,29,31)/t24-/m0/s1. The largest absolute Gasteiger partial charge is 0.495 e. The predicted octanol–water partition coefficient (Wildman–Crippen LogP) is 5.25. The highest BCUT2D eigenvalue weighted by atomic mass is 16.5. The highest BCUT2D eigenvalue weighted by Gasteiger charge is 2.42. The molecule has 0 radical (unpaired) electrons. The van der Waals surface area contributed by atoms with Crippen molar-refractivity contribution >= 4 is 17.4 Å². The van der Waals surface area contributed by atoms with Crippen LogP contribution in [0.1, 0.15) is 50.7 Å². The van der Waals surface area contributed by atoms with Crippen molar-refractivity contribution in [3.8, 4) is 5.75 Å². The van der Waals surface area contributed by atoms with E-state index in [9.17, 15) is 9.59 Å². The summed E-state index contributed by atoms with van der Waals surface area (Å²) in [5.41, 5.74) is 5.54. The number of hydrogen-bond donors (Lipinski definition) is 2. The Balaban J connectivity index is 1.80. The van der Waals surface area contributed by atoms with Crippen LogP contribution in [0.2, 0.25) is 0 Å². The lowest BCUT2D eigenvalue weighted by Gasteiger charge is -2.39. The molecular formula is C27H30N2O3. The molecular weight excluding hydrogens is 400 g/mol. The predicted molar refractivity (Wildman–Crippen MR) is 126 cm³/mol. The topological polar surface area (TPSA) is 67.4 Å². The Kier molecular flexibility index (Phi) is 5.68. The summed E-state index contributed by atoms with van der Waals surface area (Å²) in [5.74, 6) is 0.0361. The Morgan fingerprint density at radius 1 is 1.06 bits per heavy atom. The molecule has 1 aliphatic heterocycles. The molecule has 0 bridgehead atoms. The van der Waals surface area contributed by atoms with E-state index in [-0.39, 0.29) is 17.1 Å². The van der Waals surface area contributed by atoms with E-state index in [2.05, 4.69) is 24.5 Å². The van der Waals surface area contributed by atoms with Gasteiger partial charge >= 0.3 is 0 Å². The third-order valence-corrected chi connectivity index (χ3v) is 6.25. The van der Waals surface area contributed by atoms with Gasteiger partial charge in [-0.3, -0.25) is 9.59 Å². The minimum Gasteiger partial charge on any atom is -0.495 e. The molecule has 0 unspecified atom stereocenters. The van der Waals surface area contributed by atoms with E-state index in [0.717, 1.165) is 28.9 Å². The molecule has 0 saturated carbocycles. The zero-order valence-electron chi connectivity index (χ0n) is 19.3. The van der Waals surface area contributed by atoms with Gasteiger partial charge in [0.2, 0.25) is 0 Å². The van der Waals surface area contributed by atoms with Gasteiger partial charge in [0.1, 0.15) is 5.75 Å². The second-order valence-corrected chi connectivity index (χ2v) is 9.49. The lowest BCUT2D eigenvalue weighted by Crippen LogP contribution is -2.39. The van der Waals surface area contributed by atoms with Crippen LogP contribution in [-0.4, -0.2) is 18.8 Å². The molecule has 1 atom stereocenters. The minimum atomic E-state index is -0.412. The second-order valence-electron chi connectivity index (χ2n) is 9.49. The van der Waals surface area contributed by atoms with Crippen molar-refractivity contribution in [3.05, 3.63) is 82.2 Å². The van der Waals surface area contributed by atoms with Crippen molar-refractivity contribution in [2.45, 2.75) is 46.5 Å². The molecule has 1 aliphatic carbocycles. The number of methoxy groups -OCH3 is 1. The summed E-state index contributed by atoms with van der Waals surface area (Å²) in [7, 11) is 1.58. The third-order valence-electron chi connectivity index (χ3n) is 6.25. The fourth-order valence-corrected chi connectivity index (χ4v) is 4.77. The lowest BCUT2D eigenvalue weighted by molar-refractivity contribution is -0.118. The molecule has 0 spiro atoms. The Labute approximate surface area is 189 Å². The Hall–Kier alpha value is -3.34. The van der Waals surface area contributed by atoms with Gasteiger partial charge in [0, 0.05) is 34.9 Å². The quantitative estimate of drug-likeness (QED) is 0.696. The fourth-order valence-electron chi connectivity index (χ4n) is 4.77. The Morgan fingerprint density at radius 3 is 2.44 bits per heavy atom. The normalized spacial score (nSPS) is 19.9. The van der Waals surface area contributed by atoms with Gasteiger partial charge in [-0.1, -0.05) is 55.8 Å². The number of Topliss-reactive ketones (excluding diaryl/α,β-unsaturated/α-hetero) is 1. The molecule has 5 heteroatoms. The summed E-state index contributed by atoms with van der Waals surface area (Å²) in [4.78, 5) is 27.0. The van der Waals surface area contributed by atoms with Gasteiger partial charge in [-0.05, 0) is 43.4 Å². The summed E-state index contributed by atoms with van der Waals surface area (Å²) in [6, 6.07) is 15.4. The molecule has 5 nitrogen and oxygen atoms in total. The number of benzene rings is 2. The summed E-state index contributed by atoms with van der Waals surface area (Å²) >= 11 is 0. The molecule has 1 amide bonds. The van der Waals surface area contributed by atoms with E-state index in [4.69, 9.17) is 4.74 Å². The molecule has 2 aromatic rings. The first-order chi connectivity index (χ1) is 15.2. The van der Waals surface area contributed by atoms with Crippen LogP contribution in [0.15, 0.2) is 71.1 Å². The number of para-hydroxylation sites is 2. The number of nitrogens with one attached hydrogen (secondary N) is 2. The van der Waals surface area contributed by atoms with Crippen LogP contribution in [0.4, 0.5) is 5.69 Å². The molecule has 1 heterocycles. The molecule has 0 saturated heterocycles. The average Bonchev–Trinajstić information content (AvgIpc) is 2.72. The first kappa shape index (κ1) is 21.9. The van der Waals surface area contributed by atoms with Gasteiger partial charge in [-0.2, -0.15) is 0 Å². The van der Waals surface area contributed by atoms with Crippen LogP contribution in [0.25, 0.3) is 0 Å². The molecule has 166 valence electrons. The molecule has 2 aliphatic rings. The number of hydrogen-bond acceptors (Lipinski definition) is 4.